The Morgan fingerprint density at radius 2 is 1.75 bits per heavy atom. The van der Waals surface area contributed by atoms with Gasteiger partial charge >= 0.3 is 0 Å². The third-order valence-electron chi connectivity index (χ3n) is 3.66. The summed E-state index contributed by atoms with van der Waals surface area (Å²) in [4.78, 5) is 12.6. The van der Waals surface area contributed by atoms with Crippen molar-refractivity contribution in [3.05, 3.63) is 65.7 Å². The Morgan fingerprint density at radius 1 is 1.08 bits per heavy atom. The Balaban J connectivity index is 1.96. The Bertz CT molecular complexity index is 630. The van der Waals surface area contributed by atoms with Gasteiger partial charge in [0.25, 0.3) is 0 Å². The first kappa shape index (κ1) is 18.7. The molecule has 0 saturated carbocycles. The summed E-state index contributed by atoms with van der Waals surface area (Å²) in [6, 6.07) is 17.5. The summed E-state index contributed by atoms with van der Waals surface area (Å²) >= 11 is 2.28. The number of hydrogen-bond donors (Lipinski definition) is 2. The quantitative estimate of drug-likeness (QED) is 0.378. The minimum Gasteiger partial charge on any atom is -0.497 e. The molecule has 2 aromatic carbocycles. The second-order valence-electron chi connectivity index (χ2n) is 5.59. The van der Waals surface area contributed by atoms with Crippen LogP contribution in [0.4, 0.5) is 0 Å². The van der Waals surface area contributed by atoms with E-state index in [1.807, 2.05) is 61.5 Å². The van der Waals surface area contributed by atoms with Gasteiger partial charge < -0.3 is 10.1 Å². The molecule has 2 N–H and O–H groups in total. The summed E-state index contributed by atoms with van der Waals surface area (Å²) in [6.07, 6.45) is 0.669. The van der Waals surface area contributed by atoms with Crippen molar-refractivity contribution in [3.8, 4) is 5.75 Å². The first-order chi connectivity index (χ1) is 11.6. The van der Waals surface area contributed by atoms with Crippen LogP contribution < -0.4 is 15.4 Å². The zero-order valence-electron chi connectivity index (χ0n) is 14.0. The normalized spacial score (nSPS) is 13.1. The highest BCUT2D eigenvalue weighted by molar-refractivity contribution is 14.1. The molecule has 1 amide bonds. The van der Waals surface area contributed by atoms with E-state index in [4.69, 9.17) is 4.74 Å². The third kappa shape index (κ3) is 6.13. The molecule has 24 heavy (non-hydrogen) atoms. The van der Waals surface area contributed by atoms with Gasteiger partial charge in [0.15, 0.2) is 0 Å². The predicted octanol–water partition coefficient (Wildman–Crippen LogP) is 3.29. The monoisotopic (exact) mass is 438 g/mol. The van der Waals surface area contributed by atoms with Gasteiger partial charge in [-0.25, -0.2) is 0 Å². The number of hydrogen-bond acceptors (Lipinski definition) is 3. The number of benzene rings is 2. The van der Waals surface area contributed by atoms with Gasteiger partial charge in [0.1, 0.15) is 5.75 Å². The second kappa shape index (κ2) is 9.64. The smallest absolute Gasteiger partial charge is 0.237 e. The summed E-state index contributed by atoms with van der Waals surface area (Å²) in [5.41, 5.74) is 2.19. The van der Waals surface area contributed by atoms with E-state index in [0.717, 1.165) is 16.9 Å². The van der Waals surface area contributed by atoms with Crippen molar-refractivity contribution in [2.24, 2.45) is 0 Å². The molecular formula is C19H23IN2O2. The molecule has 5 heteroatoms. The Labute approximate surface area is 157 Å². The lowest BCUT2D eigenvalue weighted by Crippen LogP contribution is -2.47. The van der Waals surface area contributed by atoms with Gasteiger partial charge in [-0.15, -0.1) is 0 Å². The lowest BCUT2D eigenvalue weighted by atomic mass is 10.1. The maximum absolute atomic E-state index is 12.6. The molecule has 0 fully saturated rings. The minimum absolute atomic E-state index is 0.0122. The molecule has 4 nitrogen and oxygen atoms in total. The van der Waals surface area contributed by atoms with E-state index < -0.39 is 0 Å². The number of rotatable bonds is 8. The van der Waals surface area contributed by atoms with Crippen LogP contribution in [-0.4, -0.2) is 23.1 Å². The average Bonchev–Trinajstić information content (AvgIpc) is 2.60. The lowest BCUT2D eigenvalue weighted by molar-refractivity contribution is -0.123. The summed E-state index contributed by atoms with van der Waals surface area (Å²) < 4.78 is 5.36. The molecule has 1 unspecified atom stereocenters. The van der Waals surface area contributed by atoms with Gasteiger partial charge in [-0.1, -0.05) is 65.1 Å². The fourth-order valence-electron chi connectivity index (χ4n) is 2.41. The number of carbonyl (C=O) groups excluding carboxylic acids is 1. The highest BCUT2D eigenvalue weighted by atomic mass is 127. The topological polar surface area (TPSA) is 50.4 Å². The van der Waals surface area contributed by atoms with Crippen LogP contribution in [0.1, 0.15) is 18.1 Å². The maximum atomic E-state index is 12.6. The molecule has 2 atom stereocenters. The van der Waals surface area contributed by atoms with Crippen LogP contribution in [0.5, 0.6) is 5.75 Å². The highest BCUT2D eigenvalue weighted by Crippen LogP contribution is 2.11. The van der Waals surface area contributed by atoms with Crippen LogP contribution in [0.2, 0.25) is 0 Å². The van der Waals surface area contributed by atoms with Crippen molar-refractivity contribution in [1.82, 2.24) is 10.6 Å². The molecule has 0 radical (unpaired) electrons. The Morgan fingerprint density at radius 3 is 2.33 bits per heavy atom. The summed E-state index contributed by atoms with van der Waals surface area (Å²) in [7, 11) is 1.64. The second-order valence-corrected chi connectivity index (χ2v) is 7.46. The Kier molecular flexibility index (Phi) is 7.52. The average molecular weight is 438 g/mol. The van der Waals surface area contributed by atoms with Crippen LogP contribution in [0.15, 0.2) is 54.6 Å². The summed E-state index contributed by atoms with van der Waals surface area (Å²) in [5.74, 6) is 0.825. The molecule has 0 aliphatic heterocycles. The van der Waals surface area contributed by atoms with E-state index >= 15 is 0 Å². The molecule has 0 aromatic heterocycles. The van der Waals surface area contributed by atoms with E-state index in [1.165, 1.54) is 0 Å². The van der Waals surface area contributed by atoms with E-state index in [0.29, 0.717) is 13.0 Å². The number of methoxy groups -OCH3 is 1. The zero-order chi connectivity index (χ0) is 17.4. The minimum atomic E-state index is -0.252. The Hall–Kier alpha value is -1.60. The number of ether oxygens (including phenoxy) is 1. The molecule has 0 saturated heterocycles. The van der Waals surface area contributed by atoms with Crippen LogP contribution in [0.3, 0.4) is 0 Å². The molecule has 0 heterocycles. The van der Waals surface area contributed by atoms with Crippen LogP contribution >= 0.6 is 22.6 Å². The number of amides is 1. The fourth-order valence-corrected chi connectivity index (χ4v) is 2.84. The number of nitrogens with one attached hydrogen (secondary N) is 2. The maximum Gasteiger partial charge on any atom is 0.237 e. The highest BCUT2D eigenvalue weighted by Gasteiger charge is 2.19. The van der Waals surface area contributed by atoms with Gasteiger partial charge in [-0.3, -0.25) is 10.1 Å². The van der Waals surface area contributed by atoms with Crippen molar-refractivity contribution in [3.63, 3.8) is 0 Å². The number of halogens is 1. The van der Waals surface area contributed by atoms with Gasteiger partial charge in [0, 0.05) is 6.54 Å². The van der Waals surface area contributed by atoms with Gasteiger partial charge in [0.2, 0.25) is 5.91 Å². The lowest BCUT2D eigenvalue weighted by Gasteiger charge is -2.20. The third-order valence-corrected chi connectivity index (χ3v) is 4.02. The predicted molar refractivity (Wildman–Crippen MR) is 105 cm³/mol. The van der Waals surface area contributed by atoms with E-state index in [9.17, 15) is 4.79 Å². The van der Waals surface area contributed by atoms with Gasteiger partial charge in [-0.05, 0) is 36.6 Å². The standard InChI is InChI=1S/C19H23IN2O2/c1-14(20)22-18(12-15-6-4-3-5-7-15)19(23)21-13-16-8-10-17(24-2)11-9-16/h3-11,14,18,22H,12-13H2,1-2H3,(H,21,23)/t14?,18-/m0/s1. The molecule has 0 aliphatic rings. The van der Waals surface area contributed by atoms with E-state index in [-0.39, 0.29) is 16.0 Å². The summed E-state index contributed by atoms with van der Waals surface area (Å²) in [5, 5.41) is 6.35. The van der Waals surface area contributed by atoms with E-state index in [1.54, 1.807) is 7.11 Å². The van der Waals surface area contributed by atoms with Crippen molar-refractivity contribution in [2.75, 3.05) is 7.11 Å². The molecule has 0 aliphatic carbocycles. The van der Waals surface area contributed by atoms with Crippen molar-refractivity contribution >= 4 is 28.5 Å². The molecule has 2 aromatic rings. The van der Waals surface area contributed by atoms with E-state index in [2.05, 4.69) is 33.2 Å². The fraction of sp³-hybridized carbons (Fsp3) is 0.316. The van der Waals surface area contributed by atoms with Crippen LogP contribution in [0, 0.1) is 0 Å². The largest absolute Gasteiger partial charge is 0.497 e. The first-order valence-electron chi connectivity index (χ1n) is 7.93. The molecule has 0 bridgehead atoms. The first-order valence-corrected chi connectivity index (χ1v) is 9.17. The number of carbonyl (C=O) groups is 1. The van der Waals surface area contributed by atoms with Crippen molar-refractivity contribution in [1.29, 1.82) is 0 Å². The zero-order valence-corrected chi connectivity index (χ0v) is 16.1. The molecule has 2 rings (SSSR count). The van der Waals surface area contributed by atoms with Crippen LogP contribution in [-0.2, 0) is 17.8 Å². The van der Waals surface area contributed by atoms with Crippen molar-refractivity contribution in [2.45, 2.75) is 30.0 Å². The van der Waals surface area contributed by atoms with Gasteiger partial charge in [0.05, 0.1) is 17.2 Å². The van der Waals surface area contributed by atoms with Gasteiger partial charge in [-0.2, -0.15) is 0 Å². The number of alkyl halides is 1. The SMILES string of the molecule is COc1ccc(CNC(=O)[C@H](Cc2ccccc2)NC(C)I)cc1. The van der Waals surface area contributed by atoms with Crippen LogP contribution in [0.25, 0.3) is 0 Å². The summed E-state index contributed by atoms with van der Waals surface area (Å²) in [6.45, 7) is 2.54. The van der Waals surface area contributed by atoms with Crippen molar-refractivity contribution < 1.29 is 9.53 Å². The molecule has 0 spiro atoms. The molecule has 128 valence electrons. The molecular weight excluding hydrogens is 415 g/mol.